The summed E-state index contributed by atoms with van der Waals surface area (Å²) in [6.45, 7) is 0. The third-order valence-electron chi connectivity index (χ3n) is 0.167. The van der Waals surface area contributed by atoms with Crippen LogP contribution in [0.1, 0.15) is 0 Å². The summed E-state index contributed by atoms with van der Waals surface area (Å²) in [6.07, 6.45) is 0. The molecule has 0 fully saturated rings. The molecule has 5 heavy (non-hydrogen) atoms. The van der Waals surface area contributed by atoms with Gasteiger partial charge in [-0.1, -0.05) is 0 Å². The van der Waals surface area contributed by atoms with E-state index in [0.717, 1.165) is 0 Å². The average Bonchev–Trinajstić information content (AvgIpc) is 1.38. The van der Waals surface area contributed by atoms with Gasteiger partial charge in [0.15, 0.2) is 0 Å². The molecule has 0 bridgehead atoms. The molecule has 0 aliphatic carbocycles. The van der Waals surface area contributed by atoms with E-state index in [1.54, 1.807) is 0 Å². The molecule has 1 nitrogen and oxygen atoms in total. The largest absolute Gasteiger partial charge is 0.517 e. The van der Waals surface area contributed by atoms with Crippen LogP contribution < -0.4 is 0 Å². The van der Waals surface area contributed by atoms with Crippen molar-refractivity contribution in [3.05, 3.63) is 0 Å². The molecule has 0 aromatic carbocycles. The minimum atomic E-state index is 0.171. The normalized spacial score (nSPS) is 6.60. The van der Waals surface area contributed by atoms with Crippen LogP contribution in [0, 0.1) is 0 Å². The van der Waals surface area contributed by atoms with Crippen LogP contribution in [0.3, 0.4) is 0 Å². The number of methoxy groups -OCH3 is 1. The van der Waals surface area contributed by atoms with Gasteiger partial charge in [-0.15, -0.1) is 0 Å². The van der Waals surface area contributed by atoms with Crippen molar-refractivity contribution < 1.29 is 4.74 Å². The maximum absolute atomic E-state index is 4.30. The van der Waals surface area contributed by atoms with Gasteiger partial charge in [-0.3, -0.25) is 0 Å². The van der Waals surface area contributed by atoms with Crippen LogP contribution in [0.5, 0.6) is 0 Å². The summed E-state index contributed by atoms with van der Waals surface area (Å²) in [5.74, 6) is 0. The van der Waals surface area contributed by atoms with Gasteiger partial charge in [0.25, 0.3) is 0 Å². The predicted molar refractivity (Wildman–Crippen MR) is 27.0 cm³/mol. The fourth-order valence-corrected chi connectivity index (χ4v) is 0. The second kappa shape index (κ2) is 2.35. The molecule has 0 unspecified atom stereocenters. The molecule has 0 rings (SSSR count). The van der Waals surface area contributed by atoms with Crippen molar-refractivity contribution in [3.63, 3.8) is 0 Å². The monoisotopic (exact) mass is 107 g/mol. The highest BCUT2D eigenvalue weighted by Crippen LogP contribution is 1.66. The van der Waals surface area contributed by atoms with Gasteiger partial charge in [-0.05, 0) is 0 Å². The first-order valence-corrected chi connectivity index (χ1v) is 1.84. The lowest BCUT2D eigenvalue weighted by atomic mass is 11.5. The number of rotatable bonds is 0. The van der Waals surface area contributed by atoms with Gasteiger partial charge in [-0.25, -0.2) is 0 Å². The lowest BCUT2D eigenvalue weighted by molar-refractivity contribution is 0.426. The van der Waals surface area contributed by atoms with E-state index in [0.29, 0.717) is 0 Å². The fraction of sp³-hybridized carbons (Fsp3) is 0.500. The smallest absolute Gasteiger partial charge is 0.0751 e. The molecule has 0 aromatic heterocycles. The summed E-state index contributed by atoms with van der Waals surface area (Å²) in [7, 11) is 1.45. The van der Waals surface area contributed by atoms with Gasteiger partial charge in [0.05, 0.1) is 7.11 Å². The van der Waals surface area contributed by atoms with E-state index in [-0.39, 0.29) is 4.38 Å². The standard InChI is InChI=1S/C2H4OS2/c1-3-2(4)5/h1H3,(H,4,5)/p-1. The maximum Gasteiger partial charge on any atom is 0.0751 e. The van der Waals surface area contributed by atoms with E-state index in [2.05, 4.69) is 29.6 Å². The third-order valence-corrected chi connectivity index (χ3v) is 0.500. The summed E-state index contributed by atoms with van der Waals surface area (Å²) in [5.41, 5.74) is 0. The summed E-state index contributed by atoms with van der Waals surface area (Å²) in [4.78, 5) is 0. The van der Waals surface area contributed by atoms with E-state index in [1.165, 1.54) is 7.11 Å². The number of thiocarbonyl (C=S) groups is 1. The molecule has 0 heterocycles. The van der Waals surface area contributed by atoms with Crippen LogP contribution in [0.25, 0.3) is 0 Å². The van der Waals surface area contributed by atoms with Gasteiger partial charge in [0.2, 0.25) is 0 Å². The molecule has 0 N–H and O–H groups in total. The molecule has 0 aliphatic heterocycles. The molecular formula is C2H3OS2-. The topological polar surface area (TPSA) is 9.23 Å². The Labute approximate surface area is 41.7 Å². The fourth-order valence-electron chi connectivity index (χ4n) is 0. The molecule has 0 aliphatic rings. The highest BCUT2D eigenvalue weighted by Gasteiger charge is 1.54. The Morgan fingerprint density at radius 3 is 2.20 bits per heavy atom. The Morgan fingerprint density at radius 2 is 2.20 bits per heavy atom. The molecule has 30 valence electrons. The molecule has 0 saturated heterocycles. The van der Waals surface area contributed by atoms with Crippen molar-refractivity contribution in [1.82, 2.24) is 0 Å². The van der Waals surface area contributed by atoms with E-state index >= 15 is 0 Å². The number of ether oxygens (including phenoxy) is 1. The van der Waals surface area contributed by atoms with Crippen molar-refractivity contribution in [3.8, 4) is 0 Å². The zero-order valence-corrected chi connectivity index (χ0v) is 4.36. The first kappa shape index (κ1) is 5.11. The van der Waals surface area contributed by atoms with Crippen LogP contribution in [0.2, 0.25) is 0 Å². The van der Waals surface area contributed by atoms with Gasteiger partial charge in [0.1, 0.15) is 0 Å². The minimum Gasteiger partial charge on any atom is -0.517 e. The van der Waals surface area contributed by atoms with Gasteiger partial charge in [0, 0.05) is 4.38 Å². The molecule has 0 atom stereocenters. The molecule has 3 heteroatoms. The zero-order chi connectivity index (χ0) is 4.28. The van der Waals surface area contributed by atoms with Gasteiger partial charge >= 0.3 is 0 Å². The van der Waals surface area contributed by atoms with Crippen molar-refractivity contribution in [2.45, 2.75) is 0 Å². The van der Waals surface area contributed by atoms with Crippen molar-refractivity contribution in [2.75, 3.05) is 7.11 Å². The molecule has 0 radical (unpaired) electrons. The molecule has 0 spiro atoms. The first-order valence-electron chi connectivity index (χ1n) is 1.02. The molecule has 0 amide bonds. The predicted octanol–water partition coefficient (Wildman–Crippen LogP) is 0.465. The van der Waals surface area contributed by atoms with E-state index in [9.17, 15) is 0 Å². The Hall–Kier alpha value is 0.110. The van der Waals surface area contributed by atoms with Crippen LogP contribution in [0.4, 0.5) is 0 Å². The second-order valence-electron chi connectivity index (χ2n) is 0.454. The Morgan fingerprint density at radius 1 is 2.00 bits per heavy atom. The molecular weight excluding hydrogens is 104 g/mol. The SMILES string of the molecule is COC(=S)[S-]. The van der Waals surface area contributed by atoms with Crippen molar-refractivity contribution in [1.29, 1.82) is 0 Å². The Kier molecular flexibility index (Phi) is 2.41. The summed E-state index contributed by atoms with van der Waals surface area (Å²) in [6, 6.07) is 0. The average molecular weight is 107 g/mol. The lowest BCUT2D eigenvalue weighted by Gasteiger charge is -1.97. The van der Waals surface area contributed by atoms with E-state index < -0.39 is 0 Å². The number of hydrogen-bond donors (Lipinski definition) is 0. The first-order chi connectivity index (χ1) is 2.27. The van der Waals surface area contributed by atoms with E-state index in [4.69, 9.17) is 0 Å². The van der Waals surface area contributed by atoms with Crippen LogP contribution in [-0.2, 0) is 17.4 Å². The highest BCUT2D eigenvalue weighted by atomic mass is 32.1. The van der Waals surface area contributed by atoms with E-state index in [1.807, 2.05) is 0 Å². The van der Waals surface area contributed by atoms with Gasteiger partial charge < -0.3 is 29.6 Å². The lowest BCUT2D eigenvalue weighted by Crippen LogP contribution is -1.86. The zero-order valence-electron chi connectivity index (χ0n) is 2.72. The number of hydrogen-bond acceptors (Lipinski definition) is 3. The second-order valence-corrected chi connectivity index (χ2v) is 1.45. The Balaban J connectivity index is 2.85. The van der Waals surface area contributed by atoms with Crippen molar-refractivity contribution in [2.24, 2.45) is 0 Å². The highest BCUT2D eigenvalue weighted by molar-refractivity contribution is 7.99. The van der Waals surface area contributed by atoms with Crippen LogP contribution >= 0.6 is 12.2 Å². The molecule has 0 saturated carbocycles. The Bertz CT molecular complexity index is 42.9. The van der Waals surface area contributed by atoms with Crippen molar-refractivity contribution >= 4 is 29.2 Å². The quantitative estimate of drug-likeness (QED) is 0.329. The maximum atomic E-state index is 4.30. The van der Waals surface area contributed by atoms with Crippen LogP contribution in [-0.4, -0.2) is 11.5 Å². The summed E-state index contributed by atoms with van der Waals surface area (Å²) >= 11 is 8.58. The minimum absolute atomic E-state index is 0.171. The third kappa shape index (κ3) is 4.11. The van der Waals surface area contributed by atoms with Crippen LogP contribution in [0.15, 0.2) is 0 Å². The summed E-state index contributed by atoms with van der Waals surface area (Å²) in [5, 5.41) is 0. The molecule has 0 aromatic rings. The van der Waals surface area contributed by atoms with Gasteiger partial charge in [-0.2, -0.15) is 0 Å². The summed E-state index contributed by atoms with van der Waals surface area (Å²) < 4.78 is 4.47.